The fraction of sp³-hybridized carbons (Fsp3) is 0.500. The highest BCUT2D eigenvalue weighted by Gasteiger charge is 2.67. The largest absolute Gasteiger partial charge is 0.360 e. The number of fused-ring (bicyclic) bond motifs is 6. The van der Waals surface area contributed by atoms with E-state index in [1.54, 1.807) is 0 Å². The van der Waals surface area contributed by atoms with E-state index in [2.05, 4.69) is 30.1 Å². The number of rotatable bonds is 2. The third-order valence-electron chi connectivity index (χ3n) is 6.14. The number of hydrogen-bond donors (Lipinski definition) is 1. The van der Waals surface area contributed by atoms with E-state index in [4.69, 9.17) is 0 Å². The van der Waals surface area contributed by atoms with Gasteiger partial charge in [-0.1, -0.05) is 11.6 Å². The Balaban J connectivity index is 1.53. The number of H-pyrrole nitrogens is 1. The minimum atomic E-state index is 0.348. The van der Waals surface area contributed by atoms with Gasteiger partial charge in [0.15, 0.2) is 5.78 Å². The van der Waals surface area contributed by atoms with Gasteiger partial charge >= 0.3 is 0 Å². The highest BCUT2D eigenvalue weighted by molar-refractivity contribution is 6.10. The Morgan fingerprint density at radius 2 is 1.95 bits per heavy atom. The predicted octanol–water partition coefficient (Wildman–Crippen LogP) is 3.95. The van der Waals surface area contributed by atoms with Crippen molar-refractivity contribution in [3.05, 3.63) is 35.5 Å². The molecule has 1 aromatic carbocycles. The maximum Gasteiger partial charge on any atom is 0.168 e. The van der Waals surface area contributed by atoms with Crippen LogP contribution in [0.3, 0.4) is 0 Å². The Kier molecular flexibility index (Phi) is 1.97. The monoisotopic (exact) mass is 265 g/mol. The molecule has 0 aliphatic heterocycles. The van der Waals surface area contributed by atoms with E-state index >= 15 is 0 Å². The van der Waals surface area contributed by atoms with Crippen LogP contribution in [0.15, 0.2) is 24.4 Å². The van der Waals surface area contributed by atoms with Crippen LogP contribution < -0.4 is 0 Å². The predicted molar refractivity (Wildman–Crippen MR) is 78.7 cm³/mol. The van der Waals surface area contributed by atoms with Gasteiger partial charge in [-0.15, -0.1) is 0 Å². The molecule has 3 aliphatic rings. The fourth-order valence-corrected chi connectivity index (χ4v) is 5.29. The summed E-state index contributed by atoms with van der Waals surface area (Å²) in [6.45, 7) is 2.09. The Bertz CT molecular complexity index is 712. The number of benzene rings is 1. The second-order valence-corrected chi connectivity index (χ2v) is 7.13. The maximum atomic E-state index is 12.9. The number of Topliss-reactive ketones (excluding diaryl/α,β-unsaturated/α-hetero) is 1. The molecule has 2 nitrogen and oxygen atoms in total. The van der Waals surface area contributed by atoms with Gasteiger partial charge in [0, 0.05) is 28.6 Å². The molecule has 0 amide bonds. The van der Waals surface area contributed by atoms with Gasteiger partial charge in [0.1, 0.15) is 0 Å². The molecular weight excluding hydrogens is 246 g/mol. The second-order valence-electron chi connectivity index (χ2n) is 7.13. The van der Waals surface area contributed by atoms with Gasteiger partial charge in [0.25, 0.3) is 0 Å². The number of hydrogen-bond acceptors (Lipinski definition) is 1. The number of aryl methyl sites for hydroxylation is 1. The molecule has 4 unspecified atom stereocenters. The van der Waals surface area contributed by atoms with E-state index in [1.807, 2.05) is 6.20 Å². The van der Waals surface area contributed by atoms with Crippen LogP contribution in [0, 0.1) is 36.5 Å². The van der Waals surface area contributed by atoms with Gasteiger partial charge in [-0.3, -0.25) is 4.79 Å². The SMILES string of the molecule is Cc1ccc2[nH]cc(C(=O)C3C4C5CCC(C5)C34)c2c1. The normalized spacial score (nSPS) is 37.4. The molecule has 20 heavy (non-hydrogen) atoms. The zero-order chi connectivity index (χ0) is 13.4. The standard InChI is InChI=1S/C18H19NO/c1-9-2-5-14-12(6-9)13(8-19-14)18(20)17-15-10-3-4-11(7-10)16(15)17/h2,5-6,8,10-11,15-17,19H,3-4,7H2,1H3. The highest BCUT2D eigenvalue weighted by Crippen LogP contribution is 2.70. The van der Waals surface area contributed by atoms with Crippen molar-refractivity contribution in [1.29, 1.82) is 0 Å². The number of nitrogens with one attached hydrogen (secondary N) is 1. The Hall–Kier alpha value is -1.57. The van der Waals surface area contributed by atoms with Crippen LogP contribution in [-0.4, -0.2) is 10.8 Å². The number of carbonyl (C=O) groups is 1. The molecule has 0 spiro atoms. The molecule has 1 heterocycles. The van der Waals surface area contributed by atoms with Gasteiger partial charge in [-0.05, 0) is 62.0 Å². The summed E-state index contributed by atoms with van der Waals surface area (Å²) in [4.78, 5) is 16.2. The minimum Gasteiger partial charge on any atom is -0.360 e. The number of ketones is 1. The van der Waals surface area contributed by atoms with E-state index in [0.717, 1.165) is 40.1 Å². The molecule has 2 bridgehead atoms. The van der Waals surface area contributed by atoms with Crippen molar-refractivity contribution in [2.45, 2.75) is 26.2 Å². The van der Waals surface area contributed by atoms with Crippen molar-refractivity contribution in [3.8, 4) is 0 Å². The van der Waals surface area contributed by atoms with Gasteiger partial charge < -0.3 is 4.98 Å². The number of aromatic amines is 1. The van der Waals surface area contributed by atoms with E-state index in [9.17, 15) is 4.79 Å². The summed E-state index contributed by atoms with van der Waals surface area (Å²) in [6, 6.07) is 6.32. The summed E-state index contributed by atoms with van der Waals surface area (Å²) >= 11 is 0. The van der Waals surface area contributed by atoms with Crippen molar-refractivity contribution >= 4 is 16.7 Å². The molecule has 1 aromatic heterocycles. The first-order valence-electron chi connectivity index (χ1n) is 7.86. The summed E-state index contributed by atoms with van der Waals surface area (Å²) in [6.07, 6.45) is 6.10. The molecule has 102 valence electrons. The average molecular weight is 265 g/mol. The van der Waals surface area contributed by atoms with Crippen molar-refractivity contribution in [2.75, 3.05) is 0 Å². The summed E-state index contributed by atoms with van der Waals surface area (Å²) in [7, 11) is 0. The van der Waals surface area contributed by atoms with E-state index < -0.39 is 0 Å². The zero-order valence-corrected chi connectivity index (χ0v) is 11.7. The lowest BCUT2D eigenvalue weighted by Gasteiger charge is -2.07. The maximum absolute atomic E-state index is 12.9. The molecule has 3 fully saturated rings. The van der Waals surface area contributed by atoms with Crippen LogP contribution in [0.2, 0.25) is 0 Å². The van der Waals surface area contributed by atoms with E-state index in [-0.39, 0.29) is 0 Å². The Morgan fingerprint density at radius 3 is 2.70 bits per heavy atom. The molecule has 0 radical (unpaired) electrons. The van der Waals surface area contributed by atoms with Crippen molar-refractivity contribution in [1.82, 2.24) is 4.98 Å². The summed E-state index contributed by atoms with van der Waals surface area (Å²) in [5, 5.41) is 1.12. The lowest BCUT2D eigenvalue weighted by atomic mass is 9.96. The van der Waals surface area contributed by atoms with Crippen molar-refractivity contribution < 1.29 is 4.79 Å². The minimum absolute atomic E-state index is 0.348. The Morgan fingerprint density at radius 1 is 1.20 bits per heavy atom. The lowest BCUT2D eigenvalue weighted by Crippen LogP contribution is -2.09. The van der Waals surface area contributed by atoms with Crippen LogP contribution in [0.1, 0.15) is 35.2 Å². The van der Waals surface area contributed by atoms with E-state index in [0.29, 0.717) is 11.7 Å². The van der Waals surface area contributed by atoms with Crippen molar-refractivity contribution in [3.63, 3.8) is 0 Å². The molecule has 2 heteroatoms. The van der Waals surface area contributed by atoms with Crippen LogP contribution in [0.4, 0.5) is 0 Å². The van der Waals surface area contributed by atoms with Crippen molar-refractivity contribution in [2.24, 2.45) is 29.6 Å². The first-order valence-corrected chi connectivity index (χ1v) is 7.86. The fourth-order valence-electron chi connectivity index (χ4n) is 5.29. The zero-order valence-electron chi connectivity index (χ0n) is 11.7. The van der Waals surface area contributed by atoms with Gasteiger partial charge in [-0.25, -0.2) is 0 Å². The lowest BCUT2D eigenvalue weighted by molar-refractivity contribution is 0.0946. The first kappa shape index (κ1) is 11.1. The highest BCUT2D eigenvalue weighted by atomic mass is 16.1. The van der Waals surface area contributed by atoms with Crippen LogP contribution >= 0.6 is 0 Å². The molecule has 4 atom stereocenters. The van der Waals surface area contributed by atoms with Crippen LogP contribution in [0.25, 0.3) is 10.9 Å². The molecule has 5 rings (SSSR count). The molecule has 1 N–H and O–H groups in total. The molecule has 3 saturated carbocycles. The average Bonchev–Trinajstić information content (AvgIpc) is 2.80. The summed E-state index contributed by atoms with van der Waals surface area (Å²) < 4.78 is 0. The third kappa shape index (κ3) is 1.27. The Labute approximate surface area is 118 Å². The van der Waals surface area contributed by atoms with E-state index in [1.165, 1.54) is 24.8 Å². The molecular formula is C18H19NO. The summed E-state index contributed by atoms with van der Waals surface area (Å²) in [5.74, 6) is 3.96. The van der Waals surface area contributed by atoms with Gasteiger partial charge in [0.05, 0.1) is 0 Å². The topological polar surface area (TPSA) is 32.9 Å². The molecule has 0 saturated heterocycles. The quantitative estimate of drug-likeness (QED) is 0.819. The number of carbonyl (C=O) groups excluding carboxylic acids is 1. The molecule has 3 aliphatic carbocycles. The van der Waals surface area contributed by atoms with Crippen LogP contribution in [-0.2, 0) is 0 Å². The number of aromatic nitrogens is 1. The second kappa shape index (κ2) is 3.55. The first-order chi connectivity index (χ1) is 9.74. The molecule has 2 aromatic rings. The van der Waals surface area contributed by atoms with Gasteiger partial charge in [-0.2, -0.15) is 0 Å². The van der Waals surface area contributed by atoms with Gasteiger partial charge in [0.2, 0.25) is 0 Å². The summed E-state index contributed by atoms with van der Waals surface area (Å²) in [5.41, 5.74) is 3.25. The third-order valence-corrected chi connectivity index (χ3v) is 6.14. The van der Waals surface area contributed by atoms with Crippen LogP contribution in [0.5, 0.6) is 0 Å². The smallest absolute Gasteiger partial charge is 0.168 e.